The third-order valence-corrected chi connectivity index (χ3v) is 2.92. The van der Waals surface area contributed by atoms with Gasteiger partial charge in [0.25, 0.3) is 5.91 Å². The van der Waals surface area contributed by atoms with Crippen LogP contribution in [0.1, 0.15) is 21.5 Å². The molecule has 0 saturated heterocycles. The van der Waals surface area contributed by atoms with Gasteiger partial charge >= 0.3 is 0 Å². The lowest BCUT2D eigenvalue weighted by Gasteiger charge is -2.08. The van der Waals surface area contributed by atoms with Crippen molar-refractivity contribution < 1.29 is 9.53 Å². The zero-order valence-electron chi connectivity index (χ0n) is 11.3. The van der Waals surface area contributed by atoms with Gasteiger partial charge in [-0.25, -0.2) is 4.98 Å². The van der Waals surface area contributed by atoms with Crippen molar-refractivity contribution in [1.82, 2.24) is 10.3 Å². The summed E-state index contributed by atoms with van der Waals surface area (Å²) >= 11 is 0. The fourth-order valence-electron chi connectivity index (χ4n) is 1.80. The standard InChI is InChI=1S/C15H17N3O2/c1-20-15-13(3-2-8-17-15)14(19)18-10-12-6-4-11(9-16)5-7-12/h2-8H,9-10,16H2,1H3,(H,18,19). The molecule has 0 radical (unpaired) electrons. The molecular formula is C15H17N3O2. The maximum Gasteiger partial charge on any atom is 0.257 e. The van der Waals surface area contributed by atoms with Crippen LogP contribution in [0.25, 0.3) is 0 Å². The third kappa shape index (κ3) is 3.33. The predicted octanol–water partition coefficient (Wildman–Crippen LogP) is 1.48. The van der Waals surface area contributed by atoms with Gasteiger partial charge in [-0.1, -0.05) is 24.3 Å². The molecule has 1 aromatic carbocycles. The molecule has 0 saturated carbocycles. The summed E-state index contributed by atoms with van der Waals surface area (Å²) in [6.45, 7) is 0.960. The van der Waals surface area contributed by atoms with Crippen LogP contribution in [0.3, 0.4) is 0 Å². The van der Waals surface area contributed by atoms with E-state index in [-0.39, 0.29) is 5.91 Å². The summed E-state index contributed by atoms with van der Waals surface area (Å²) < 4.78 is 5.06. The van der Waals surface area contributed by atoms with Crippen LogP contribution in [0.5, 0.6) is 5.88 Å². The lowest BCUT2D eigenvalue weighted by atomic mass is 10.1. The first-order valence-corrected chi connectivity index (χ1v) is 6.29. The van der Waals surface area contributed by atoms with E-state index >= 15 is 0 Å². The Kier molecular flexibility index (Phi) is 4.68. The van der Waals surface area contributed by atoms with Crippen LogP contribution < -0.4 is 15.8 Å². The predicted molar refractivity (Wildman–Crippen MR) is 76.3 cm³/mol. The number of pyridine rings is 1. The van der Waals surface area contributed by atoms with E-state index < -0.39 is 0 Å². The Labute approximate surface area is 117 Å². The molecule has 0 fully saturated rings. The summed E-state index contributed by atoms with van der Waals surface area (Å²) in [4.78, 5) is 16.1. The van der Waals surface area contributed by atoms with Crippen molar-refractivity contribution in [2.75, 3.05) is 7.11 Å². The van der Waals surface area contributed by atoms with Crippen molar-refractivity contribution in [3.05, 3.63) is 59.3 Å². The molecule has 1 aromatic heterocycles. The highest BCUT2D eigenvalue weighted by Gasteiger charge is 2.12. The number of carbonyl (C=O) groups excluding carboxylic acids is 1. The van der Waals surface area contributed by atoms with Crippen molar-refractivity contribution >= 4 is 5.91 Å². The minimum absolute atomic E-state index is 0.210. The normalized spacial score (nSPS) is 10.1. The number of carbonyl (C=O) groups is 1. The maximum absolute atomic E-state index is 12.1. The Morgan fingerprint density at radius 3 is 2.60 bits per heavy atom. The van der Waals surface area contributed by atoms with Gasteiger partial charge in [-0.3, -0.25) is 4.79 Å². The highest BCUT2D eigenvalue weighted by molar-refractivity contribution is 5.96. The molecule has 0 atom stereocenters. The number of amides is 1. The Morgan fingerprint density at radius 1 is 1.25 bits per heavy atom. The van der Waals surface area contributed by atoms with Gasteiger partial charge in [-0.15, -0.1) is 0 Å². The molecule has 0 unspecified atom stereocenters. The molecule has 0 aliphatic heterocycles. The molecule has 5 nitrogen and oxygen atoms in total. The van der Waals surface area contributed by atoms with Crippen LogP contribution in [-0.4, -0.2) is 18.0 Å². The van der Waals surface area contributed by atoms with Crippen LogP contribution in [-0.2, 0) is 13.1 Å². The number of rotatable bonds is 5. The van der Waals surface area contributed by atoms with Gasteiger partial charge < -0.3 is 15.8 Å². The van der Waals surface area contributed by atoms with Gasteiger partial charge in [-0.2, -0.15) is 0 Å². The molecule has 0 aliphatic rings. The summed E-state index contributed by atoms with van der Waals surface area (Å²) in [5.41, 5.74) is 8.04. The highest BCUT2D eigenvalue weighted by atomic mass is 16.5. The molecule has 0 bridgehead atoms. The Bertz CT molecular complexity index is 582. The molecule has 5 heteroatoms. The number of benzene rings is 1. The molecule has 104 valence electrons. The lowest BCUT2D eigenvalue weighted by molar-refractivity contribution is 0.0947. The molecule has 20 heavy (non-hydrogen) atoms. The minimum atomic E-state index is -0.210. The Hall–Kier alpha value is -2.40. The van der Waals surface area contributed by atoms with Gasteiger partial charge in [0.15, 0.2) is 0 Å². The van der Waals surface area contributed by atoms with Gasteiger partial charge in [0.1, 0.15) is 5.56 Å². The summed E-state index contributed by atoms with van der Waals surface area (Å²) in [5, 5.41) is 2.84. The molecular weight excluding hydrogens is 254 g/mol. The van der Waals surface area contributed by atoms with Crippen molar-refractivity contribution in [2.45, 2.75) is 13.1 Å². The smallest absolute Gasteiger partial charge is 0.257 e. The molecule has 1 heterocycles. The zero-order chi connectivity index (χ0) is 14.4. The fraction of sp³-hybridized carbons (Fsp3) is 0.200. The Balaban J connectivity index is 2.01. The van der Waals surface area contributed by atoms with E-state index in [1.54, 1.807) is 18.3 Å². The number of methoxy groups -OCH3 is 1. The lowest BCUT2D eigenvalue weighted by Crippen LogP contribution is -2.23. The van der Waals surface area contributed by atoms with E-state index in [2.05, 4.69) is 10.3 Å². The van der Waals surface area contributed by atoms with Crippen molar-refractivity contribution in [2.24, 2.45) is 5.73 Å². The van der Waals surface area contributed by atoms with Crippen LogP contribution in [0.4, 0.5) is 0 Å². The SMILES string of the molecule is COc1ncccc1C(=O)NCc1ccc(CN)cc1. The van der Waals surface area contributed by atoms with Gasteiger partial charge in [0, 0.05) is 19.3 Å². The number of nitrogens with two attached hydrogens (primary N) is 1. The van der Waals surface area contributed by atoms with E-state index in [0.29, 0.717) is 24.5 Å². The molecule has 1 amide bonds. The number of nitrogens with one attached hydrogen (secondary N) is 1. The van der Waals surface area contributed by atoms with Crippen molar-refractivity contribution in [3.63, 3.8) is 0 Å². The third-order valence-electron chi connectivity index (χ3n) is 2.92. The average Bonchev–Trinajstić information content (AvgIpc) is 2.53. The molecule has 0 aliphatic carbocycles. The van der Waals surface area contributed by atoms with Crippen LogP contribution >= 0.6 is 0 Å². The topological polar surface area (TPSA) is 77.2 Å². The zero-order valence-corrected chi connectivity index (χ0v) is 11.3. The summed E-state index contributed by atoms with van der Waals surface area (Å²) in [6.07, 6.45) is 1.58. The van der Waals surface area contributed by atoms with E-state index in [9.17, 15) is 4.79 Å². The quantitative estimate of drug-likeness (QED) is 0.863. The second kappa shape index (κ2) is 6.68. The number of hydrogen-bond acceptors (Lipinski definition) is 4. The first kappa shape index (κ1) is 14.0. The van der Waals surface area contributed by atoms with Crippen molar-refractivity contribution in [3.8, 4) is 5.88 Å². The number of ether oxygens (including phenoxy) is 1. The van der Waals surface area contributed by atoms with E-state index in [4.69, 9.17) is 10.5 Å². The van der Waals surface area contributed by atoms with E-state index in [1.165, 1.54) is 7.11 Å². The molecule has 0 spiro atoms. The van der Waals surface area contributed by atoms with Crippen LogP contribution in [0.2, 0.25) is 0 Å². The number of aromatic nitrogens is 1. The number of hydrogen-bond donors (Lipinski definition) is 2. The van der Waals surface area contributed by atoms with Gasteiger partial charge in [0.05, 0.1) is 7.11 Å². The van der Waals surface area contributed by atoms with Crippen LogP contribution in [0.15, 0.2) is 42.6 Å². The average molecular weight is 271 g/mol. The Morgan fingerprint density at radius 2 is 1.95 bits per heavy atom. The largest absolute Gasteiger partial charge is 0.480 e. The molecule has 2 rings (SSSR count). The first-order chi connectivity index (χ1) is 9.74. The first-order valence-electron chi connectivity index (χ1n) is 6.29. The second-order valence-corrected chi connectivity index (χ2v) is 4.26. The summed E-state index contributed by atoms with van der Waals surface area (Å²) in [7, 11) is 1.49. The van der Waals surface area contributed by atoms with Gasteiger partial charge in [-0.05, 0) is 23.3 Å². The highest BCUT2D eigenvalue weighted by Crippen LogP contribution is 2.13. The van der Waals surface area contributed by atoms with E-state index in [1.807, 2.05) is 24.3 Å². The monoisotopic (exact) mass is 271 g/mol. The minimum Gasteiger partial charge on any atom is -0.480 e. The summed E-state index contributed by atoms with van der Waals surface area (Å²) in [6, 6.07) is 11.2. The van der Waals surface area contributed by atoms with E-state index in [0.717, 1.165) is 11.1 Å². The molecule has 3 N–H and O–H groups in total. The molecule has 2 aromatic rings. The van der Waals surface area contributed by atoms with Crippen LogP contribution in [0, 0.1) is 0 Å². The number of nitrogens with zero attached hydrogens (tertiary/aromatic N) is 1. The fourth-order valence-corrected chi connectivity index (χ4v) is 1.80. The maximum atomic E-state index is 12.1. The second-order valence-electron chi connectivity index (χ2n) is 4.26. The van der Waals surface area contributed by atoms with Crippen molar-refractivity contribution in [1.29, 1.82) is 0 Å². The van der Waals surface area contributed by atoms with Gasteiger partial charge in [0.2, 0.25) is 5.88 Å². The summed E-state index contributed by atoms with van der Waals surface area (Å²) in [5.74, 6) is 0.112.